The Morgan fingerprint density at radius 3 is 2.50 bits per heavy atom. The number of rotatable bonds is 3. The zero-order chi connectivity index (χ0) is 15.0. The lowest BCUT2D eigenvalue weighted by Gasteiger charge is -2.19. The topological polar surface area (TPSA) is 59.3 Å². The predicted octanol–water partition coefficient (Wildman–Crippen LogP) is 3.15. The van der Waals surface area contributed by atoms with Gasteiger partial charge >= 0.3 is 5.97 Å². The van der Waals surface area contributed by atoms with Crippen LogP contribution in [-0.2, 0) is 6.54 Å². The number of hydrogen-bond donors (Lipinski definition) is 1. The van der Waals surface area contributed by atoms with Crippen molar-refractivity contribution in [1.29, 1.82) is 0 Å². The summed E-state index contributed by atoms with van der Waals surface area (Å²) in [6.45, 7) is 8.08. The van der Waals surface area contributed by atoms with Crippen molar-refractivity contribution < 1.29 is 9.90 Å². The molecule has 0 aliphatic heterocycles. The second-order valence-corrected chi connectivity index (χ2v) is 5.25. The Morgan fingerprint density at radius 1 is 1.35 bits per heavy atom. The molecule has 0 aliphatic rings. The maximum absolute atomic E-state index is 12.4. The fourth-order valence-corrected chi connectivity index (χ4v) is 2.73. The molecule has 0 spiro atoms. The number of aromatic carboxylic acids is 1. The summed E-state index contributed by atoms with van der Waals surface area (Å²) in [5.74, 6) is -0.831. The van der Waals surface area contributed by atoms with Crippen molar-refractivity contribution in [3.05, 3.63) is 45.2 Å². The highest BCUT2D eigenvalue weighted by Crippen LogP contribution is 2.26. The summed E-state index contributed by atoms with van der Waals surface area (Å²) >= 11 is 0. The van der Waals surface area contributed by atoms with E-state index in [4.69, 9.17) is 0 Å². The average molecular weight is 273 g/mol. The molecule has 1 N–H and O–H groups in total. The van der Waals surface area contributed by atoms with E-state index in [0.29, 0.717) is 17.5 Å². The van der Waals surface area contributed by atoms with Crippen LogP contribution >= 0.6 is 0 Å². The number of carboxylic acids is 1. The number of para-hydroxylation sites is 1. The minimum absolute atomic E-state index is 0.0955. The smallest absolute Gasteiger partial charge is 0.352 e. The van der Waals surface area contributed by atoms with Crippen molar-refractivity contribution in [3.8, 4) is 0 Å². The first-order valence-corrected chi connectivity index (χ1v) is 6.79. The lowest BCUT2D eigenvalue weighted by molar-refractivity contribution is 0.0684. The molecular formula is C16H19NO3. The van der Waals surface area contributed by atoms with E-state index >= 15 is 0 Å². The monoisotopic (exact) mass is 273 g/mol. The molecular weight excluding hydrogens is 254 g/mol. The quantitative estimate of drug-likeness (QED) is 0.934. The Hall–Kier alpha value is -2.10. The van der Waals surface area contributed by atoms with Gasteiger partial charge in [0.1, 0.15) is 5.69 Å². The van der Waals surface area contributed by atoms with Crippen molar-refractivity contribution in [2.75, 3.05) is 0 Å². The summed E-state index contributed by atoms with van der Waals surface area (Å²) in [6, 6.07) is 5.59. The first kappa shape index (κ1) is 14.3. The first-order valence-electron chi connectivity index (χ1n) is 6.79. The highest BCUT2D eigenvalue weighted by atomic mass is 16.4. The van der Waals surface area contributed by atoms with Gasteiger partial charge < -0.3 is 9.67 Å². The van der Waals surface area contributed by atoms with Crippen LogP contribution in [0.2, 0.25) is 0 Å². The van der Waals surface area contributed by atoms with Gasteiger partial charge in [-0.05, 0) is 31.4 Å². The Bertz CT molecular complexity index is 741. The third-order valence-electron chi connectivity index (χ3n) is 3.69. The highest BCUT2D eigenvalue weighted by Gasteiger charge is 2.20. The number of aryl methyl sites for hydroxylation is 1. The molecule has 2 aromatic rings. The molecule has 4 heteroatoms. The SMILES string of the molecule is CCn1c(C(=O)O)c(C)c(=O)c2cccc(C(C)C)c21. The molecule has 0 aliphatic carbocycles. The minimum Gasteiger partial charge on any atom is -0.477 e. The predicted molar refractivity (Wildman–Crippen MR) is 79.7 cm³/mol. The first-order chi connectivity index (χ1) is 9.40. The van der Waals surface area contributed by atoms with Crippen LogP contribution in [0.25, 0.3) is 10.9 Å². The van der Waals surface area contributed by atoms with Gasteiger partial charge in [0.15, 0.2) is 5.43 Å². The number of carboxylic acid groups (broad SMARTS) is 1. The molecule has 0 atom stereocenters. The summed E-state index contributed by atoms with van der Waals surface area (Å²) in [6.07, 6.45) is 0. The standard InChI is InChI=1S/C16H19NO3/c1-5-17-13(16(19)20)10(4)15(18)12-8-6-7-11(9(2)3)14(12)17/h6-9H,5H2,1-4H3,(H,19,20). The van der Waals surface area contributed by atoms with Crippen LogP contribution in [0, 0.1) is 6.92 Å². The van der Waals surface area contributed by atoms with Gasteiger partial charge in [0.05, 0.1) is 5.52 Å². The van der Waals surface area contributed by atoms with Crippen molar-refractivity contribution in [1.82, 2.24) is 4.57 Å². The number of fused-ring (bicyclic) bond motifs is 1. The summed E-state index contributed by atoms with van der Waals surface area (Å²) in [7, 11) is 0. The van der Waals surface area contributed by atoms with Gasteiger partial charge in [-0.2, -0.15) is 0 Å². The molecule has 0 bridgehead atoms. The molecule has 1 aromatic heterocycles. The number of aromatic nitrogens is 1. The summed E-state index contributed by atoms with van der Waals surface area (Å²) in [5, 5.41) is 10.0. The van der Waals surface area contributed by atoms with E-state index in [-0.39, 0.29) is 17.0 Å². The second-order valence-electron chi connectivity index (χ2n) is 5.25. The average Bonchev–Trinajstić information content (AvgIpc) is 2.41. The van der Waals surface area contributed by atoms with E-state index < -0.39 is 5.97 Å². The largest absolute Gasteiger partial charge is 0.477 e. The number of hydrogen-bond acceptors (Lipinski definition) is 2. The molecule has 1 aromatic carbocycles. The fourth-order valence-electron chi connectivity index (χ4n) is 2.73. The van der Waals surface area contributed by atoms with Crippen LogP contribution in [0.5, 0.6) is 0 Å². The molecule has 0 saturated carbocycles. The zero-order valence-electron chi connectivity index (χ0n) is 12.2. The van der Waals surface area contributed by atoms with Gasteiger partial charge in [0.2, 0.25) is 0 Å². The third kappa shape index (κ3) is 2.01. The summed E-state index contributed by atoms with van der Waals surface area (Å²) in [4.78, 5) is 23.9. The van der Waals surface area contributed by atoms with Gasteiger partial charge in [-0.3, -0.25) is 4.79 Å². The van der Waals surface area contributed by atoms with Gasteiger partial charge in [-0.1, -0.05) is 26.0 Å². The fraction of sp³-hybridized carbons (Fsp3) is 0.375. The van der Waals surface area contributed by atoms with E-state index in [1.165, 1.54) is 0 Å². The molecule has 0 amide bonds. The van der Waals surface area contributed by atoms with Gasteiger partial charge in [-0.15, -0.1) is 0 Å². The van der Waals surface area contributed by atoms with E-state index in [1.54, 1.807) is 17.6 Å². The minimum atomic E-state index is -1.05. The van der Waals surface area contributed by atoms with Crippen LogP contribution in [0.1, 0.15) is 48.3 Å². The van der Waals surface area contributed by atoms with Gasteiger partial charge in [-0.25, -0.2) is 4.79 Å². The lowest BCUT2D eigenvalue weighted by Crippen LogP contribution is -2.22. The maximum Gasteiger partial charge on any atom is 0.352 e. The van der Waals surface area contributed by atoms with Gasteiger partial charge in [0, 0.05) is 17.5 Å². The van der Waals surface area contributed by atoms with Gasteiger partial charge in [0.25, 0.3) is 0 Å². The molecule has 0 radical (unpaired) electrons. The van der Waals surface area contributed by atoms with Crippen LogP contribution in [-0.4, -0.2) is 15.6 Å². The zero-order valence-corrected chi connectivity index (χ0v) is 12.2. The van der Waals surface area contributed by atoms with Crippen LogP contribution < -0.4 is 5.43 Å². The molecule has 0 saturated heterocycles. The lowest BCUT2D eigenvalue weighted by atomic mass is 9.97. The molecule has 2 rings (SSSR count). The Labute approximate surface area is 117 Å². The third-order valence-corrected chi connectivity index (χ3v) is 3.69. The van der Waals surface area contributed by atoms with E-state index in [9.17, 15) is 14.7 Å². The van der Waals surface area contributed by atoms with Crippen molar-refractivity contribution in [3.63, 3.8) is 0 Å². The van der Waals surface area contributed by atoms with Crippen molar-refractivity contribution >= 4 is 16.9 Å². The van der Waals surface area contributed by atoms with Crippen LogP contribution in [0.3, 0.4) is 0 Å². The number of nitrogens with zero attached hydrogens (tertiary/aromatic N) is 1. The summed E-state index contributed by atoms with van der Waals surface area (Å²) in [5.41, 5.74) is 1.96. The van der Waals surface area contributed by atoms with Crippen LogP contribution in [0.15, 0.2) is 23.0 Å². The van der Waals surface area contributed by atoms with Crippen molar-refractivity contribution in [2.24, 2.45) is 0 Å². The number of carbonyl (C=O) groups is 1. The number of benzene rings is 1. The Kier molecular flexibility index (Phi) is 3.66. The molecule has 1 heterocycles. The second kappa shape index (κ2) is 5.12. The Balaban J connectivity index is 3.12. The maximum atomic E-state index is 12.4. The molecule has 0 fully saturated rings. The molecule has 0 unspecified atom stereocenters. The van der Waals surface area contributed by atoms with Crippen molar-refractivity contribution in [2.45, 2.75) is 40.2 Å². The number of pyridine rings is 1. The van der Waals surface area contributed by atoms with E-state index in [0.717, 1.165) is 11.1 Å². The van der Waals surface area contributed by atoms with Crippen LogP contribution in [0.4, 0.5) is 0 Å². The summed E-state index contributed by atoms with van der Waals surface area (Å²) < 4.78 is 1.74. The highest BCUT2D eigenvalue weighted by molar-refractivity contribution is 5.93. The molecule has 20 heavy (non-hydrogen) atoms. The molecule has 106 valence electrons. The van der Waals surface area contributed by atoms with E-state index in [1.807, 2.05) is 32.9 Å². The normalized spacial score (nSPS) is 11.2. The molecule has 4 nitrogen and oxygen atoms in total. The van der Waals surface area contributed by atoms with E-state index in [2.05, 4.69) is 0 Å². The Morgan fingerprint density at radius 2 is 2.00 bits per heavy atom.